The van der Waals surface area contributed by atoms with Gasteiger partial charge in [-0.05, 0) is 61.6 Å². The normalized spacial score (nSPS) is 14.0. The molecule has 3 rings (SSSR count). The van der Waals surface area contributed by atoms with Crippen molar-refractivity contribution in [2.45, 2.75) is 49.8 Å². The quantitative estimate of drug-likeness (QED) is 0.407. The first-order valence-corrected chi connectivity index (χ1v) is 10.6. The van der Waals surface area contributed by atoms with Crippen LogP contribution in [0.15, 0.2) is 35.2 Å². The van der Waals surface area contributed by atoms with Crippen LogP contribution in [0, 0.1) is 6.92 Å². The summed E-state index contributed by atoms with van der Waals surface area (Å²) in [6.07, 6.45) is -5.46. The summed E-state index contributed by atoms with van der Waals surface area (Å²) in [7, 11) is 1.46. The number of hydrogen-bond acceptors (Lipinski definition) is 6. The third-order valence-electron chi connectivity index (χ3n) is 5.13. The Labute approximate surface area is 182 Å². The number of rotatable bonds is 7. The second-order valence-corrected chi connectivity index (χ2v) is 8.48. The van der Waals surface area contributed by atoms with E-state index in [0.29, 0.717) is 22.3 Å². The number of thiazole rings is 1. The Balaban J connectivity index is 1.80. The number of thiol groups is 1. The molecule has 30 heavy (non-hydrogen) atoms. The van der Waals surface area contributed by atoms with Gasteiger partial charge in [0.1, 0.15) is 0 Å². The number of ether oxygens (including phenoxy) is 2. The molecular weight excluding hydrogens is 435 g/mol. The molecule has 0 aliphatic rings. The van der Waals surface area contributed by atoms with Crippen LogP contribution in [0.25, 0.3) is 10.2 Å². The largest absolute Gasteiger partial charge is 0.493 e. The standard InChI is InChI=1S/C21H22F3NO3S2/c1-4-20(26,21(22,23)24)10-9-13-5-6-14(15(11-13)27-3)28-19-25-18-12(2)16(29)7-8-17(18)30-19/h5-8,11,26,29H,4,9-10H2,1-3H3. The van der Waals surface area contributed by atoms with Gasteiger partial charge < -0.3 is 14.6 Å². The van der Waals surface area contributed by atoms with Gasteiger partial charge in [0.2, 0.25) is 0 Å². The first-order valence-electron chi connectivity index (χ1n) is 9.31. The summed E-state index contributed by atoms with van der Waals surface area (Å²) in [6.45, 7) is 3.25. The van der Waals surface area contributed by atoms with Crippen molar-refractivity contribution < 1.29 is 27.8 Å². The van der Waals surface area contributed by atoms with E-state index in [9.17, 15) is 18.3 Å². The van der Waals surface area contributed by atoms with E-state index >= 15 is 0 Å². The Morgan fingerprint density at radius 2 is 1.90 bits per heavy atom. The van der Waals surface area contributed by atoms with E-state index < -0.39 is 24.6 Å². The van der Waals surface area contributed by atoms with Crippen molar-refractivity contribution >= 4 is 34.2 Å². The zero-order chi connectivity index (χ0) is 22.1. The van der Waals surface area contributed by atoms with E-state index in [1.165, 1.54) is 25.4 Å². The number of benzene rings is 2. The molecule has 0 saturated carbocycles. The van der Waals surface area contributed by atoms with Crippen LogP contribution in [0.4, 0.5) is 13.2 Å². The van der Waals surface area contributed by atoms with Crippen molar-refractivity contribution in [2.75, 3.05) is 7.11 Å². The maximum Gasteiger partial charge on any atom is 0.417 e. The van der Waals surface area contributed by atoms with E-state index in [1.807, 2.05) is 19.1 Å². The molecule has 162 valence electrons. The highest BCUT2D eigenvalue weighted by Gasteiger charge is 2.51. The van der Waals surface area contributed by atoms with Gasteiger partial charge in [0.15, 0.2) is 17.1 Å². The number of aryl methyl sites for hydroxylation is 2. The Hall–Kier alpha value is -1.97. The van der Waals surface area contributed by atoms with Gasteiger partial charge >= 0.3 is 6.18 Å². The zero-order valence-corrected chi connectivity index (χ0v) is 18.4. The molecule has 9 heteroatoms. The van der Waals surface area contributed by atoms with Crippen molar-refractivity contribution in [1.82, 2.24) is 4.98 Å². The first kappa shape index (κ1) is 22.7. The first-order chi connectivity index (χ1) is 14.1. The molecule has 1 heterocycles. The SMILES string of the molecule is CCC(O)(CCc1ccc(Oc2nc3c(C)c(S)ccc3s2)c(OC)c1)C(F)(F)F. The molecule has 1 aromatic heterocycles. The lowest BCUT2D eigenvalue weighted by Crippen LogP contribution is -2.44. The van der Waals surface area contributed by atoms with Crippen LogP contribution in [0.2, 0.25) is 0 Å². The third-order valence-corrected chi connectivity index (χ3v) is 6.51. The summed E-state index contributed by atoms with van der Waals surface area (Å²) in [5.74, 6) is 0.788. The smallest absolute Gasteiger partial charge is 0.417 e. The number of aliphatic hydroxyl groups is 1. The Bertz CT molecular complexity index is 1050. The highest BCUT2D eigenvalue weighted by molar-refractivity contribution is 7.80. The third kappa shape index (κ3) is 4.53. The van der Waals surface area contributed by atoms with Crippen LogP contribution in [0.5, 0.6) is 16.7 Å². The van der Waals surface area contributed by atoms with Crippen LogP contribution >= 0.6 is 24.0 Å². The van der Waals surface area contributed by atoms with Gasteiger partial charge in [-0.15, -0.1) is 12.6 Å². The minimum Gasteiger partial charge on any atom is -0.493 e. The zero-order valence-electron chi connectivity index (χ0n) is 16.7. The lowest BCUT2D eigenvalue weighted by molar-refractivity contribution is -0.263. The molecule has 0 radical (unpaired) electrons. The van der Waals surface area contributed by atoms with Crippen LogP contribution in [0.1, 0.15) is 30.9 Å². The van der Waals surface area contributed by atoms with Crippen LogP contribution in [0.3, 0.4) is 0 Å². The van der Waals surface area contributed by atoms with E-state index in [0.717, 1.165) is 20.7 Å². The number of methoxy groups -OCH3 is 1. The van der Waals surface area contributed by atoms with Gasteiger partial charge in [-0.25, -0.2) is 4.98 Å². The molecule has 0 aliphatic heterocycles. The summed E-state index contributed by atoms with van der Waals surface area (Å²) in [5.41, 5.74) is -0.336. The number of halogens is 3. The number of alkyl halides is 3. The predicted octanol–water partition coefficient (Wildman–Crippen LogP) is 6.33. The van der Waals surface area contributed by atoms with Crippen molar-refractivity contribution in [3.05, 3.63) is 41.5 Å². The summed E-state index contributed by atoms with van der Waals surface area (Å²) in [4.78, 5) is 5.35. The van der Waals surface area contributed by atoms with E-state index in [4.69, 9.17) is 9.47 Å². The monoisotopic (exact) mass is 457 g/mol. The molecule has 2 aromatic carbocycles. The van der Waals surface area contributed by atoms with E-state index in [-0.39, 0.29) is 6.42 Å². The average molecular weight is 458 g/mol. The molecule has 0 spiro atoms. The fourth-order valence-corrected chi connectivity index (χ4v) is 4.12. The Morgan fingerprint density at radius 3 is 2.53 bits per heavy atom. The van der Waals surface area contributed by atoms with Gasteiger partial charge in [0.05, 0.1) is 17.3 Å². The van der Waals surface area contributed by atoms with E-state index in [1.54, 1.807) is 18.2 Å². The highest BCUT2D eigenvalue weighted by Crippen LogP contribution is 2.39. The van der Waals surface area contributed by atoms with E-state index in [2.05, 4.69) is 17.6 Å². The van der Waals surface area contributed by atoms with Gasteiger partial charge in [-0.2, -0.15) is 13.2 Å². The molecule has 1 atom stereocenters. The summed E-state index contributed by atoms with van der Waals surface area (Å²) < 4.78 is 51.5. The molecule has 0 bridgehead atoms. The minimum absolute atomic E-state index is 0.0472. The van der Waals surface area contributed by atoms with Crippen molar-refractivity contribution in [3.63, 3.8) is 0 Å². The molecule has 3 aromatic rings. The fourth-order valence-electron chi connectivity index (χ4n) is 3.05. The topological polar surface area (TPSA) is 51.6 Å². The molecule has 0 fully saturated rings. The number of aromatic nitrogens is 1. The van der Waals surface area contributed by atoms with Gasteiger partial charge in [-0.3, -0.25) is 0 Å². The van der Waals surface area contributed by atoms with Gasteiger partial charge in [0.25, 0.3) is 5.19 Å². The summed E-state index contributed by atoms with van der Waals surface area (Å²) >= 11 is 5.78. The lowest BCUT2D eigenvalue weighted by atomic mass is 9.91. The second-order valence-electron chi connectivity index (χ2n) is 7.01. The fraction of sp³-hybridized carbons (Fsp3) is 0.381. The maximum absolute atomic E-state index is 13.1. The molecule has 0 aliphatic carbocycles. The molecule has 1 unspecified atom stereocenters. The van der Waals surface area contributed by atoms with Crippen molar-refractivity contribution in [2.24, 2.45) is 0 Å². The van der Waals surface area contributed by atoms with Crippen LogP contribution in [-0.4, -0.2) is 29.0 Å². The highest BCUT2D eigenvalue weighted by atomic mass is 32.1. The Kier molecular flexibility index (Phi) is 6.54. The molecule has 1 N–H and O–H groups in total. The lowest BCUT2D eigenvalue weighted by Gasteiger charge is -2.29. The van der Waals surface area contributed by atoms with Crippen molar-refractivity contribution in [3.8, 4) is 16.7 Å². The van der Waals surface area contributed by atoms with Crippen LogP contribution < -0.4 is 9.47 Å². The minimum atomic E-state index is -4.67. The number of nitrogens with zero attached hydrogens (tertiary/aromatic N) is 1. The number of fused-ring (bicyclic) bond motifs is 1. The molecule has 0 saturated heterocycles. The summed E-state index contributed by atoms with van der Waals surface area (Å²) in [5, 5.41) is 10.3. The number of hydrogen-bond donors (Lipinski definition) is 2. The maximum atomic E-state index is 13.1. The van der Waals surface area contributed by atoms with Crippen LogP contribution in [-0.2, 0) is 6.42 Å². The second kappa shape index (κ2) is 8.64. The van der Waals surface area contributed by atoms with Gasteiger partial charge in [0, 0.05) is 4.90 Å². The molecule has 0 amide bonds. The van der Waals surface area contributed by atoms with Gasteiger partial charge in [-0.1, -0.05) is 24.3 Å². The average Bonchev–Trinajstić information content (AvgIpc) is 3.12. The molecule has 4 nitrogen and oxygen atoms in total. The predicted molar refractivity (Wildman–Crippen MR) is 114 cm³/mol. The van der Waals surface area contributed by atoms with Crippen molar-refractivity contribution in [1.29, 1.82) is 0 Å². The summed E-state index contributed by atoms with van der Waals surface area (Å²) in [6, 6.07) is 8.73. The molecular formula is C21H22F3NO3S2. The Morgan fingerprint density at radius 1 is 1.17 bits per heavy atom.